The van der Waals surface area contributed by atoms with Gasteiger partial charge in [-0.25, -0.2) is 4.39 Å². The Bertz CT molecular complexity index is 674. The molecule has 3 nitrogen and oxygen atoms in total. The third kappa shape index (κ3) is 3.91. The van der Waals surface area contributed by atoms with Crippen LogP contribution < -0.4 is 5.32 Å². The van der Waals surface area contributed by atoms with Crippen molar-refractivity contribution in [3.05, 3.63) is 71.0 Å². The second kappa shape index (κ2) is 6.69. The van der Waals surface area contributed by atoms with E-state index >= 15 is 0 Å². The molecule has 0 bridgehead atoms. The predicted octanol–water partition coefficient (Wildman–Crippen LogP) is 3.26. The Labute approximate surface area is 130 Å². The Hall–Kier alpha value is -2.22. The molecule has 0 spiro atoms. The van der Waals surface area contributed by atoms with Crippen molar-refractivity contribution in [3.8, 4) is 6.07 Å². The normalized spacial score (nSPS) is 14.9. The second-order valence-electron chi connectivity index (χ2n) is 5.62. The van der Waals surface area contributed by atoms with Gasteiger partial charge in [-0.15, -0.1) is 0 Å². The standard InChI is InChI=1S/C18H19FN2O/c1-13(15-5-3-4-14(10-15)11-20)21-12-18(2,22)16-6-8-17(19)9-7-16/h3-10,13,21-22H,12H2,1-2H3. The summed E-state index contributed by atoms with van der Waals surface area (Å²) in [5.41, 5.74) is 1.14. The molecule has 2 aromatic rings. The molecule has 0 aromatic heterocycles. The number of nitriles is 1. The molecule has 2 rings (SSSR count). The summed E-state index contributed by atoms with van der Waals surface area (Å²) < 4.78 is 13.0. The molecule has 4 heteroatoms. The van der Waals surface area contributed by atoms with E-state index in [2.05, 4.69) is 11.4 Å². The smallest absolute Gasteiger partial charge is 0.123 e. The van der Waals surface area contributed by atoms with Crippen LogP contribution in [0.25, 0.3) is 0 Å². The van der Waals surface area contributed by atoms with E-state index in [4.69, 9.17) is 5.26 Å². The van der Waals surface area contributed by atoms with Gasteiger partial charge in [-0.3, -0.25) is 0 Å². The summed E-state index contributed by atoms with van der Waals surface area (Å²) in [6, 6.07) is 15.3. The highest BCUT2D eigenvalue weighted by molar-refractivity contribution is 5.34. The van der Waals surface area contributed by atoms with Gasteiger partial charge in [-0.1, -0.05) is 24.3 Å². The van der Waals surface area contributed by atoms with Gasteiger partial charge in [0.1, 0.15) is 5.82 Å². The van der Waals surface area contributed by atoms with Crippen molar-refractivity contribution in [3.63, 3.8) is 0 Å². The van der Waals surface area contributed by atoms with E-state index in [-0.39, 0.29) is 11.9 Å². The van der Waals surface area contributed by atoms with E-state index < -0.39 is 5.60 Å². The van der Waals surface area contributed by atoms with Crippen LogP contribution in [0.2, 0.25) is 0 Å². The number of nitrogens with zero attached hydrogens (tertiary/aromatic N) is 1. The van der Waals surface area contributed by atoms with Gasteiger partial charge in [0.05, 0.1) is 17.2 Å². The molecule has 114 valence electrons. The fourth-order valence-corrected chi connectivity index (χ4v) is 2.26. The predicted molar refractivity (Wildman–Crippen MR) is 83.5 cm³/mol. The second-order valence-corrected chi connectivity index (χ2v) is 5.62. The highest BCUT2D eigenvalue weighted by Gasteiger charge is 2.23. The fourth-order valence-electron chi connectivity index (χ4n) is 2.26. The van der Waals surface area contributed by atoms with Gasteiger partial charge >= 0.3 is 0 Å². The molecule has 0 heterocycles. The Morgan fingerprint density at radius 2 is 1.95 bits per heavy atom. The number of halogens is 1. The first-order valence-corrected chi connectivity index (χ1v) is 7.14. The molecule has 22 heavy (non-hydrogen) atoms. The zero-order chi connectivity index (χ0) is 16.2. The van der Waals surface area contributed by atoms with Crippen LogP contribution in [0.5, 0.6) is 0 Å². The quantitative estimate of drug-likeness (QED) is 0.891. The van der Waals surface area contributed by atoms with Crippen molar-refractivity contribution in [1.82, 2.24) is 5.32 Å². The van der Waals surface area contributed by atoms with Gasteiger partial charge in [0, 0.05) is 12.6 Å². The molecule has 0 radical (unpaired) electrons. The first-order valence-electron chi connectivity index (χ1n) is 7.14. The Morgan fingerprint density at radius 1 is 1.27 bits per heavy atom. The number of aliphatic hydroxyl groups is 1. The molecule has 0 fully saturated rings. The van der Waals surface area contributed by atoms with Crippen LogP contribution in [0, 0.1) is 17.1 Å². The van der Waals surface area contributed by atoms with Crippen LogP contribution in [0.15, 0.2) is 48.5 Å². The van der Waals surface area contributed by atoms with Crippen LogP contribution in [-0.2, 0) is 5.60 Å². The fraction of sp³-hybridized carbons (Fsp3) is 0.278. The zero-order valence-corrected chi connectivity index (χ0v) is 12.7. The van der Waals surface area contributed by atoms with Gasteiger partial charge in [0.2, 0.25) is 0 Å². The Kier molecular flexibility index (Phi) is 4.92. The van der Waals surface area contributed by atoms with Crippen LogP contribution >= 0.6 is 0 Å². The van der Waals surface area contributed by atoms with E-state index in [1.165, 1.54) is 12.1 Å². The third-order valence-electron chi connectivity index (χ3n) is 3.73. The lowest BCUT2D eigenvalue weighted by Crippen LogP contribution is -2.36. The number of hydrogen-bond acceptors (Lipinski definition) is 3. The molecule has 0 saturated heterocycles. The molecule has 2 unspecified atom stereocenters. The van der Waals surface area contributed by atoms with Gasteiger partial charge < -0.3 is 10.4 Å². The molecule has 2 N–H and O–H groups in total. The van der Waals surface area contributed by atoms with Gasteiger partial charge in [0.25, 0.3) is 0 Å². The Balaban J connectivity index is 2.04. The van der Waals surface area contributed by atoms with E-state index in [0.29, 0.717) is 17.7 Å². The summed E-state index contributed by atoms with van der Waals surface area (Å²) in [6.07, 6.45) is 0. The molecule has 0 amide bonds. The number of nitrogens with one attached hydrogen (secondary N) is 1. The first-order chi connectivity index (χ1) is 10.4. The van der Waals surface area contributed by atoms with E-state index in [0.717, 1.165) is 5.56 Å². The number of rotatable bonds is 5. The van der Waals surface area contributed by atoms with Crippen molar-refractivity contribution < 1.29 is 9.50 Å². The summed E-state index contributed by atoms with van der Waals surface area (Å²) in [7, 11) is 0. The maximum Gasteiger partial charge on any atom is 0.123 e. The summed E-state index contributed by atoms with van der Waals surface area (Å²) >= 11 is 0. The summed E-state index contributed by atoms with van der Waals surface area (Å²) in [6.45, 7) is 3.97. The molecular weight excluding hydrogens is 279 g/mol. The molecule has 2 atom stereocenters. The zero-order valence-electron chi connectivity index (χ0n) is 12.7. The van der Waals surface area contributed by atoms with Gasteiger partial charge in [-0.05, 0) is 49.2 Å². The summed E-state index contributed by atoms with van der Waals surface area (Å²) in [4.78, 5) is 0. The van der Waals surface area contributed by atoms with Crippen molar-refractivity contribution in [1.29, 1.82) is 5.26 Å². The van der Waals surface area contributed by atoms with Crippen molar-refractivity contribution in [2.45, 2.75) is 25.5 Å². The molecule has 0 aliphatic heterocycles. The SMILES string of the molecule is CC(NCC(C)(O)c1ccc(F)cc1)c1cccc(C#N)c1. The van der Waals surface area contributed by atoms with Gasteiger partial charge in [-0.2, -0.15) is 5.26 Å². The first kappa shape index (κ1) is 16.2. The van der Waals surface area contributed by atoms with Crippen molar-refractivity contribution in [2.24, 2.45) is 0 Å². The van der Waals surface area contributed by atoms with Crippen LogP contribution in [0.4, 0.5) is 4.39 Å². The van der Waals surface area contributed by atoms with Crippen LogP contribution in [-0.4, -0.2) is 11.7 Å². The minimum Gasteiger partial charge on any atom is -0.384 e. The highest BCUT2D eigenvalue weighted by atomic mass is 19.1. The highest BCUT2D eigenvalue weighted by Crippen LogP contribution is 2.22. The molecule has 0 aliphatic carbocycles. The lowest BCUT2D eigenvalue weighted by atomic mass is 9.95. The van der Waals surface area contributed by atoms with E-state index in [1.54, 1.807) is 25.1 Å². The topological polar surface area (TPSA) is 56.0 Å². The average Bonchev–Trinajstić information content (AvgIpc) is 2.53. The number of benzene rings is 2. The summed E-state index contributed by atoms with van der Waals surface area (Å²) in [5, 5.41) is 22.7. The van der Waals surface area contributed by atoms with Gasteiger partial charge in [0.15, 0.2) is 0 Å². The monoisotopic (exact) mass is 298 g/mol. The minimum absolute atomic E-state index is 0.0137. The lowest BCUT2D eigenvalue weighted by Gasteiger charge is -2.26. The summed E-state index contributed by atoms with van der Waals surface area (Å²) in [5.74, 6) is -0.325. The average molecular weight is 298 g/mol. The molecule has 2 aromatic carbocycles. The third-order valence-corrected chi connectivity index (χ3v) is 3.73. The maximum atomic E-state index is 13.0. The molecule has 0 saturated carbocycles. The van der Waals surface area contributed by atoms with Crippen molar-refractivity contribution in [2.75, 3.05) is 6.54 Å². The lowest BCUT2D eigenvalue weighted by molar-refractivity contribution is 0.0543. The van der Waals surface area contributed by atoms with Crippen molar-refractivity contribution >= 4 is 0 Å². The minimum atomic E-state index is -1.10. The molecule has 0 aliphatic rings. The Morgan fingerprint density at radius 3 is 2.59 bits per heavy atom. The number of hydrogen-bond donors (Lipinski definition) is 2. The largest absolute Gasteiger partial charge is 0.384 e. The van der Waals surface area contributed by atoms with Crippen LogP contribution in [0.1, 0.15) is 36.6 Å². The van der Waals surface area contributed by atoms with Crippen LogP contribution in [0.3, 0.4) is 0 Å². The molecular formula is C18H19FN2O. The maximum absolute atomic E-state index is 13.0. The van der Waals surface area contributed by atoms with E-state index in [9.17, 15) is 9.50 Å². The van der Waals surface area contributed by atoms with E-state index in [1.807, 2.05) is 25.1 Å².